The lowest BCUT2D eigenvalue weighted by Crippen LogP contribution is -2.36. The van der Waals surface area contributed by atoms with Crippen molar-refractivity contribution in [3.05, 3.63) is 65.3 Å². The molecule has 0 atom stereocenters. The monoisotopic (exact) mass is 516 g/mol. The van der Waals surface area contributed by atoms with Crippen molar-refractivity contribution in [3.63, 3.8) is 0 Å². The Morgan fingerprint density at radius 2 is 1.56 bits per heavy atom. The summed E-state index contributed by atoms with van der Waals surface area (Å²) < 4.78 is 0. The maximum absolute atomic E-state index is 6.10. The predicted octanol–water partition coefficient (Wildman–Crippen LogP) is 6.73. The van der Waals surface area contributed by atoms with Crippen LogP contribution in [0.15, 0.2) is 54.7 Å². The fourth-order valence-corrected chi connectivity index (χ4v) is 4.25. The molecule has 4 rings (SSSR count). The molecule has 1 heterocycles. The van der Waals surface area contributed by atoms with E-state index >= 15 is 0 Å². The first-order chi connectivity index (χ1) is 14.1. The second-order valence-electron chi connectivity index (χ2n) is 8.15. The van der Waals surface area contributed by atoms with E-state index < -0.39 is 0 Å². The zero-order valence-electron chi connectivity index (χ0n) is 18.4. The van der Waals surface area contributed by atoms with Crippen molar-refractivity contribution in [1.82, 2.24) is 10.3 Å². The minimum atomic E-state index is 0. The summed E-state index contributed by atoms with van der Waals surface area (Å²) >= 11 is 6.10. The Bertz CT molecular complexity index is 958. The van der Waals surface area contributed by atoms with Crippen molar-refractivity contribution in [2.75, 3.05) is 24.3 Å². The molecule has 176 valence electrons. The molecule has 0 unspecified atom stereocenters. The lowest BCUT2D eigenvalue weighted by atomic mass is 9.90. The van der Waals surface area contributed by atoms with E-state index in [0.717, 1.165) is 28.2 Å². The van der Waals surface area contributed by atoms with Crippen LogP contribution in [0, 0.1) is 0 Å². The topological polar surface area (TPSA) is 40.2 Å². The number of hydrogen-bond acceptors (Lipinski definition) is 4. The Balaban J connectivity index is 0.00000171. The fourth-order valence-electron chi connectivity index (χ4n) is 4.08. The van der Waals surface area contributed by atoms with Gasteiger partial charge in [-0.1, -0.05) is 23.7 Å². The van der Waals surface area contributed by atoms with Crippen LogP contribution in [0.3, 0.4) is 0 Å². The summed E-state index contributed by atoms with van der Waals surface area (Å²) in [4.78, 5) is 6.57. The van der Waals surface area contributed by atoms with Gasteiger partial charge in [0.2, 0.25) is 0 Å². The minimum absolute atomic E-state index is 0. The summed E-state index contributed by atoms with van der Waals surface area (Å²) in [7, 11) is 4.15. The predicted molar refractivity (Wildman–Crippen MR) is 146 cm³/mol. The van der Waals surface area contributed by atoms with E-state index in [1.807, 2.05) is 18.3 Å². The zero-order valence-corrected chi connectivity index (χ0v) is 21.6. The van der Waals surface area contributed by atoms with E-state index in [2.05, 4.69) is 71.0 Å². The van der Waals surface area contributed by atoms with Crippen LogP contribution in [0.5, 0.6) is 0 Å². The molecular formula is C24H32Cl4N4. The maximum atomic E-state index is 6.10. The normalized spacial score (nSPS) is 17.5. The van der Waals surface area contributed by atoms with Crippen LogP contribution in [0.1, 0.15) is 31.2 Å². The van der Waals surface area contributed by atoms with E-state index in [1.165, 1.54) is 36.9 Å². The van der Waals surface area contributed by atoms with Gasteiger partial charge in [-0.25, -0.2) is 0 Å². The third-order valence-corrected chi connectivity index (χ3v) is 6.07. The van der Waals surface area contributed by atoms with Gasteiger partial charge in [-0.05, 0) is 67.6 Å². The molecule has 0 bridgehead atoms. The van der Waals surface area contributed by atoms with Crippen LogP contribution in [0.25, 0.3) is 10.9 Å². The third kappa shape index (κ3) is 7.29. The van der Waals surface area contributed by atoms with Crippen LogP contribution < -0.4 is 15.5 Å². The number of fused-ring (bicyclic) bond motifs is 1. The Morgan fingerprint density at radius 1 is 0.906 bits per heavy atom. The van der Waals surface area contributed by atoms with Gasteiger partial charge in [0.15, 0.2) is 0 Å². The molecule has 4 nitrogen and oxygen atoms in total. The van der Waals surface area contributed by atoms with Gasteiger partial charge in [-0.15, -0.1) is 37.2 Å². The second-order valence-corrected chi connectivity index (χ2v) is 8.59. The number of hydrogen-bond donors (Lipinski definition) is 2. The highest BCUT2D eigenvalue weighted by atomic mass is 35.5. The van der Waals surface area contributed by atoms with E-state index in [0.29, 0.717) is 12.1 Å². The van der Waals surface area contributed by atoms with Crippen molar-refractivity contribution in [1.29, 1.82) is 0 Å². The lowest BCUT2D eigenvalue weighted by molar-refractivity contribution is 0.353. The zero-order chi connectivity index (χ0) is 20.2. The average Bonchev–Trinajstić information content (AvgIpc) is 2.73. The summed E-state index contributed by atoms with van der Waals surface area (Å²) in [5.74, 6) is 0. The highest BCUT2D eigenvalue weighted by Gasteiger charge is 2.21. The summed E-state index contributed by atoms with van der Waals surface area (Å²) in [6.45, 7) is 0.937. The molecule has 0 radical (unpaired) electrons. The minimum Gasteiger partial charge on any atom is -0.382 e. The van der Waals surface area contributed by atoms with Gasteiger partial charge < -0.3 is 15.5 Å². The third-order valence-electron chi connectivity index (χ3n) is 5.84. The van der Waals surface area contributed by atoms with Crippen molar-refractivity contribution >= 4 is 71.1 Å². The van der Waals surface area contributed by atoms with Crippen molar-refractivity contribution in [2.45, 2.75) is 44.3 Å². The average molecular weight is 518 g/mol. The molecule has 1 aromatic heterocycles. The highest BCUT2D eigenvalue weighted by molar-refractivity contribution is 6.31. The van der Waals surface area contributed by atoms with E-state index in [4.69, 9.17) is 11.6 Å². The molecule has 2 N–H and O–H groups in total. The number of aromatic nitrogens is 1. The Kier molecular flexibility index (Phi) is 11.9. The van der Waals surface area contributed by atoms with Gasteiger partial charge in [0, 0.05) is 60.7 Å². The number of nitrogens with one attached hydrogen (secondary N) is 2. The molecule has 0 saturated heterocycles. The molecule has 0 amide bonds. The summed E-state index contributed by atoms with van der Waals surface area (Å²) in [6.07, 6.45) is 6.60. The van der Waals surface area contributed by atoms with Crippen LogP contribution in [-0.2, 0) is 6.54 Å². The Morgan fingerprint density at radius 3 is 2.22 bits per heavy atom. The molecule has 3 aromatic rings. The van der Waals surface area contributed by atoms with Gasteiger partial charge >= 0.3 is 0 Å². The summed E-state index contributed by atoms with van der Waals surface area (Å²) in [5, 5.41) is 9.34. The molecule has 1 fully saturated rings. The second kappa shape index (κ2) is 13.3. The van der Waals surface area contributed by atoms with Gasteiger partial charge in [0.25, 0.3) is 0 Å². The van der Waals surface area contributed by atoms with Crippen LogP contribution in [-0.4, -0.2) is 31.2 Å². The van der Waals surface area contributed by atoms with Crippen LogP contribution >= 0.6 is 48.8 Å². The van der Waals surface area contributed by atoms with Gasteiger partial charge in [0.05, 0.1) is 5.52 Å². The van der Waals surface area contributed by atoms with Crippen molar-refractivity contribution in [2.24, 2.45) is 0 Å². The van der Waals surface area contributed by atoms with Gasteiger partial charge in [-0.2, -0.15) is 0 Å². The molecular weight excluding hydrogens is 486 g/mol. The SMILES string of the molecule is CN(C)c1ccc(CN[C@H]2CC[C@@H](Nc3ccnc4cc(Cl)ccc34)CC2)cc1.Cl.Cl.Cl. The molecule has 0 spiro atoms. The largest absolute Gasteiger partial charge is 0.382 e. The Labute approximate surface area is 214 Å². The van der Waals surface area contributed by atoms with E-state index in [1.54, 1.807) is 0 Å². The standard InChI is InChI=1S/C24H29ClN4.3ClH/c1-29(2)21-10-3-17(4-11-21)16-27-19-6-8-20(9-7-19)28-23-13-14-26-24-15-18(25)5-12-22(23)24;;;/h3-5,10-15,19-20,27H,6-9,16H2,1-2H3,(H,26,28);3*1H/t19-,20+;;;. The molecule has 1 aliphatic carbocycles. The van der Waals surface area contributed by atoms with E-state index in [9.17, 15) is 0 Å². The number of halogens is 4. The van der Waals surface area contributed by atoms with Crippen LogP contribution in [0.4, 0.5) is 11.4 Å². The number of pyridine rings is 1. The maximum Gasteiger partial charge on any atom is 0.0737 e. The molecule has 0 aliphatic heterocycles. The quantitative estimate of drug-likeness (QED) is 0.380. The summed E-state index contributed by atoms with van der Waals surface area (Å²) in [6, 6.07) is 17.9. The fraction of sp³-hybridized carbons (Fsp3) is 0.375. The molecule has 1 saturated carbocycles. The molecule has 2 aromatic carbocycles. The van der Waals surface area contributed by atoms with Gasteiger partial charge in [0.1, 0.15) is 0 Å². The van der Waals surface area contributed by atoms with Gasteiger partial charge in [-0.3, -0.25) is 4.98 Å². The molecule has 1 aliphatic rings. The number of rotatable bonds is 6. The van der Waals surface area contributed by atoms with Crippen molar-refractivity contribution < 1.29 is 0 Å². The number of anilines is 2. The first kappa shape index (κ1) is 28.6. The van der Waals surface area contributed by atoms with Crippen molar-refractivity contribution in [3.8, 4) is 0 Å². The first-order valence-electron chi connectivity index (χ1n) is 10.4. The smallest absolute Gasteiger partial charge is 0.0737 e. The number of benzene rings is 2. The van der Waals surface area contributed by atoms with Crippen LogP contribution in [0.2, 0.25) is 5.02 Å². The molecule has 32 heavy (non-hydrogen) atoms. The number of nitrogens with zero attached hydrogens (tertiary/aromatic N) is 2. The Hall–Kier alpha value is -1.43. The first-order valence-corrected chi connectivity index (χ1v) is 10.8. The molecule has 8 heteroatoms. The summed E-state index contributed by atoms with van der Waals surface area (Å²) in [5.41, 5.74) is 4.69. The van der Waals surface area contributed by atoms with E-state index in [-0.39, 0.29) is 37.2 Å². The highest BCUT2D eigenvalue weighted by Crippen LogP contribution is 2.28. The lowest BCUT2D eigenvalue weighted by Gasteiger charge is -2.30.